The number of fused-ring (bicyclic) bond motifs is 1. The van der Waals surface area contributed by atoms with Crippen LogP contribution in [0.2, 0.25) is 0 Å². The molecule has 3 saturated heterocycles. The highest BCUT2D eigenvalue weighted by atomic mass is 19.4. The van der Waals surface area contributed by atoms with Gasteiger partial charge in [0.25, 0.3) is 5.91 Å². The summed E-state index contributed by atoms with van der Waals surface area (Å²) in [6.45, 7) is 4.68. The number of anilines is 1. The zero-order valence-electron chi connectivity index (χ0n) is 25.2. The number of nitrogens with zero attached hydrogens (tertiary/aromatic N) is 2. The third kappa shape index (κ3) is 6.66. The summed E-state index contributed by atoms with van der Waals surface area (Å²) in [6.07, 6.45) is -6.31. The Kier molecular flexibility index (Phi) is 9.03. The number of benzene rings is 1. The predicted octanol–water partition coefficient (Wildman–Crippen LogP) is 2.52. The Morgan fingerprint density at radius 3 is 2.26 bits per heavy atom. The summed E-state index contributed by atoms with van der Waals surface area (Å²) >= 11 is 0. The van der Waals surface area contributed by atoms with Crippen LogP contribution in [-0.4, -0.2) is 89.7 Å². The molecule has 0 bridgehead atoms. The Balaban J connectivity index is 1.41. The zero-order valence-corrected chi connectivity index (χ0v) is 25.2. The van der Waals surface area contributed by atoms with Crippen molar-refractivity contribution in [2.75, 3.05) is 31.5 Å². The van der Waals surface area contributed by atoms with Crippen molar-refractivity contribution in [1.29, 1.82) is 0 Å². The van der Waals surface area contributed by atoms with Crippen LogP contribution in [0.1, 0.15) is 46.0 Å². The Morgan fingerprint density at radius 2 is 1.72 bits per heavy atom. The molecular weight excluding hydrogens is 624 g/mol. The number of ketones is 1. The van der Waals surface area contributed by atoms with Crippen LogP contribution < -0.4 is 16.0 Å². The molecule has 3 heterocycles. The molecule has 5 rings (SSSR count). The van der Waals surface area contributed by atoms with Gasteiger partial charge in [0.2, 0.25) is 23.5 Å². The fourth-order valence-electron chi connectivity index (χ4n) is 6.90. The van der Waals surface area contributed by atoms with Crippen LogP contribution >= 0.6 is 0 Å². The summed E-state index contributed by atoms with van der Waals surface area (Å²) in [7, 11) is 0. The number of halogens is 6. The fourth-order valence-corrected chi connectivity index (χ4v) is 6.90. The van der Waals surface area contributed by atoms with E-state index in [0.29, 0.717) is 44.6 Å². The fraction of sp³-hybridized carbons (Fsp3) is 0.633. The van der Waals surface area contributed by atoms with Crippen molar-refractivity contribution in [2.24, 2.45) is 23.2 Å². The topological polar surface area (TPSA) is 128 Å². The molecule has 4 fully saturated rings. The van der Waals surface area contributed by atoms with Gasteiger partial charge in [-0.2, -0.15) is 13.2 Å². The second kappa shape index (κ2) is 12.4. The van der Waals surface area contributed by atoms with Gasteiger partial charge in [-0.15, -0.1) is 0 Å². The number of nitrogens with one attached hydrogen (secondary N) is 3. The summed E-state index contributed by atoms with van der Waals surface area (Å²) in [6, 6.07) is -3.95. The normalized spacial score (nSPS) is 26.0. The monoisotopic (exact) mass is 659 g/mol. The van der Waals surface area contributed by atoms with E-state index in [0.717, 1.165) is 4.90 Å². The van der Waals surface area contributed by atoms with Crippen LogP contribution in [0.15, 0.2) is 12.1 Å². The quantitative estimate of drug-likeness (QED) is 0.248. The molecule has 3 aliphatic heterocycles. The van der Waals surface area contributed by atoms with Crippen molar-refractivity contribution < 1.29 is 50.3 Å². The zero-order chi connectivity index (χ0) is 33.7. The van der Waals surface area contributed by atoms with Crippen LogP contribution in [0.4, 0.5) is 32.0 Å². The van der Waals surface area contributed by atoms with E-state index in [1.54, 1.807) is 0 Å². The predicted molar refractivity (Wildman–Crippen MR) is 149 cm³/mol. The highest BCUT2D eigenvalue weighted by Gasteiger charge is 2.69. The summed E-state index contributed by atoms with van der Waals surface area (Å²) in [5.41, 5.74) is -1.47. The van der Waals surface area contributed by atoms with Crippen molar-refractivity contribution >= 4 is 35.1 Å². The lowest BCUT2D eigenvalue weighted by Gasteiger charge is -2.35. The number of rotatable bonds is 11. The minimum absolute atomic E-state index is 0.0660. The van der Waals surface area contributed by atoms with Crippen molar-refractivity contribution in [3.63, 3.8) is 0 Å². The minimum Gasteiger partial charge on any atom is -0.369 e. The number of likely N-dealkylation sites (tertiary alicyclic amines) is 2. The minimum atomic E-state index is -4.74. The van der Waals surface area contributed by atoms with Gasteiger partial charge < -0.3 is 25.8 Å². The van der Waals surface area contributed by atoms with Gasteiger partial charge in [-0.1, -0.05) is 13.8 Å². The SMILES string of the molecule is CC1(C)[C@@H]2[C@@H](C(=O)NC(C[C@@H]3CCNC3=O)C(=O)C(=O)N3CCC3)N(C(=O)C(CCC(F)(F)F)Nc3c(F)cc(F)cc3F)C[C@@H]21. The summed E-state index contributed by atoms with van der Waals surface area (Å²) < 4.78 is 82.2. The molecule has 10 nitrogen and oxygen atoms in total. The third-order valence-corrected chi connectivity index (χ3v) is 9.77. The Bertz CT molecular complexity index is 1410. The number of amides is 4. The molecule has 6 atom stereocenters. The maximum Gasteiger partial charge on any atom is 0.389 e. The van der Waals surface area contributed by atoms with Gasteiger partial charge >= 0.3 is 6.18 Å². The van der Waals surface area contributed by atoms with Gasteiger partial charge in [-0.05, 0) is 42.9 Å². The molecule has 4 aliphatic rings. The molecule has 1 aromatic carbocycles. The first-order valence-corrected chi connectivity index (χ1v) is 15.2. The molecule has 2 unspecified atom stereocenters. The molecule has 16 heteroatoms. The van der Waals surface area contributed by atoms with Gasteiger partial charge in [0, 0.05) is 50.7 Å². The number of Topliss-reactive ketones (excluding diaryl/α,β-unsaturated/α-hetero) is 1. The number of carbonyl (C=O) groups excluding carboxylic acids is 5. The van der Waals surface area contributed by atoms with E-state index in [9.17, 15) is 50.3 Å². The van der Waals surface area contributed by atoms with Gasteiger partial charge in [0.05, 0.1) is 6.04 Å². The molecular formula is C30H35F6N5O5. The maximum absolute atomic E-state index is 14.5. The first-order valence-electron chi connectivity index (χ1n) is 15.2. The van der Waals surface area contributed by atoms with Crippen molar-refractivity contribution in [2.45, 2.75) is 70.3 Å². The van der Waals surface area contributed by atoms with E-state index in [1.165, 1.54) is 4.90 Å². The van der Waals surface area contributed by atoms with Gasteiger partial charge in [0.1, 0.15) is 23.6 Å². The molecule has 0 aromatic heterocycles. The number of hydrogen-bond acceptors (Lipinski definition) is 6. The van der Waals surface area contributed by atoms with Crippen LogP contribution in [0.5, 0.6) is 0 Å². The first kappa shape index (κ1) is 33.5. The molecule has 46 heavy (non-hydrogen) atoms. The molecule has 4 amide bonds. The lowest BCUT2D eigenvalue weighted by atomic mass is 9.93. The standard InChI is InChI=1S/C30H35F6N5O5/c1-29(2)16-13-41(27(45)19(4-6-30(34,35)36)38-22-17(32)11-15(31)12-18(22)33)23(21(16)29)26(44)39-20(10-14-5-7-37-25(14)43)24(42)28(46)40-8-3-9-40/h11-12,14,16,19-21,23,38H,3-10,13H2,1-2H3,(H,37,43)(H,39,44)/t14-,16-,19?,20?,21-,23-/m0/s1. The molecule has 252 valence electrons. The van der Waals surface area contributed by atoms with E-state index in [1.807, 2.05) is 13.8 Å². The molecule has 1 saturated carbocycles. The van der Waals surface area contributed by atoms with Crippen LogP contribution in [-0.2, 0) is 24.0 Å². The van der Waals surface area contributed by atoms with Crippen molar-refractivity contribution in [1.82, 2.24) is 20.4 Å². The number of piperidine rings is 1. The Labute approximate surface area is 260 Å². The highest BCUT2D eigenvalue weighted by molar-refractivity contribution is 6.38. The van der Waals surface area contributed by atoms with Crippen LogP contribution in [0, 0.1) is 40.6 Å². The summed E-state index contributed by atoms with van der Waals surface area (Å²) in [4.78, 5) is 68.6. The van der Waals surface area contributed by atoms with Gasteiger partial charge in [-0.25, -0.2) is 13.2 Å². The largest absolute Gasteiger partial charge is 0.389 e. The molecule has 0 spiro atoms. The number of carbonyl (C=O) groups is 5. The average molecular weight is 660 g/mol. The van der Waals surface area contributed by atoms with E-state index in [2.05, 4.69) is 16.0 Å². The van der Waals surface area contributed by atoms with Gasteiger partial charge in [-0.3, -0.25) is 24.0 Å². The molecule has 3 N–H and O–H groups in total. The summed E-state index contributed by atoms with van der Waals surface area (Å²) in [5, 5.41) is 7.37. The smallest absolute Gasteiger partial charge is 0.369 e. The second-order valence-corrected chi connectivity index (χ2v) is 13.1. The number of hydrogen-bond donors (Lipinski definition) is 3. The van der Waals surface area contributed by atoms with E-state index in [-0.39, 0.29) is 24.8 Å². The average Bonchev–Trinajstić information content (AvgIpc) is 3.27. The van der Waals surface area contributed by atoms with E-state index < -0.39 is 101 Å². The third-order valence-electron chi connectivity index (χ3n) is 9.77. The van der Waals surface area contributed by atoms with E-state index >= 15 is 0 Å². The second-order valence-electron chi connectivity index (χ2n) is 13.1. The Morgan fingerprint density at radius 1 is 1.07 bits per heavy atom. The first-order chi connectivity index (χ1) is 21.5. The number of alkyl halides is 3. The van der Waals surface area contributed by atoms with Crippen LogP contribution in [0.25, 0.3) is 0 Å². The highest BCUT2D eigenvalue weighted by Crippen LogP contribution is 2.65. The Hall–Kier alpha value is -3.85. The van der Waals surface area contributed by atoms with Crippen LogP contribution in [0.3, 0.4) is 0 Å². The van der Waals surface area contributed by atoms with Gasteiger partial charge in [0.15, 0.2) is 11.6 Å². The van der Waals surface area contributed by atoms with Crippen molar-refractivity contribution in [3.8, 4) is 0 Å². The molecule has 1 aliphatic carbocycles. The van der Waals surface area contributed by atoms with Crippen molar-refractivity contribution in [3.05, 3.63) is 29.6 Å². The molecule has 0 radical (unpaired) electrons. The molecule has 1 aromatic rings. The maximum atomic E-state index is 14.5. The van der Waals surface area contributed by atoms with E-state index in [4.69, 9.17) is 0 Å². The summed E-state index contributed by atoms with van der Waals surface area (Å²) in [5.74, 6) is -9.59. The lowest BCUT2D eigenvalue weighted by molar-refractivity contribution is -0.150. The lowest BCUT2D eigenvalue weighted by Crippen LogP contribution is -2.58.